The van der Waals surface area contributed by atoms with Crippen molar-refractivity contribution in [2.24, 2.45) is 0 Å². The fraction of sp³-hybridized carbons (Fsp3) is 0.211. The number of carbonyl (C=O) groups is 1. The summed E-state index contributed by atoms with van der Waals surface area (Å²) in [6, 6.07) is 9.86. The van der Waals surface area contributed by atoms with Gasteiger partial charge in [-0.2, -0.15) is 5.10 Å². The van der Waals surface area contributed by atoms with E-state index in [-0.39, 0.29) is 17.8 Å². The number of halogens is 2. The molecular weight excluding hydrogens is 399 g/mol. The summed E-state index contributed by atoms with van der Waals surface area (Å²) >= 11 is 3.35. The quantitative estimate of drug-likeness (QED) is 0.704. The molecule has 4 rings (SSSR count). The molecule has 1 unspecified atom stereocenters. The van der Waals surface area contributed by atoms with Crippen LogP contribution >= 0.6 is 15.9 Å². The van der Waals surface area contributed by atoms with E-state index in [1.54, 1.807) is 47.4 Å². The Hall–Kier alpha value is -2.54. The van der Waals surface area contributed by atoms with E-state index < -0.39 is 0 Å². The highest BCUT2D eigenvalue weighted by molar-refractivity contribution is 9.10. The summed E-state index contributed by atoms with van der Waals surface area (Å²) in [5.74, 6) is -0.550. The number of para-hydroxylation sites is 1. The summed E-state index contributed by atoms with van der Waals surface area (Å²) in [4.78, 5) is 16.6. The van der Waals surface area contributed by atoms with Gasteiger partial charge in [-0.1, -0.05) is 28.1 Å². The van der Waals surface area contributed by atoms with Gasteiger partial charge >= 0.3 is 0 Å². The summed E-state index contributed by atoms with van der Waals surface area (Å²) in [6.45, 7) is 0. The van der Waals surface area contributed by atoms with Gasteiger partial charge in [0.15, 0.2) is 0 Å². The van der Waals surface area contributed by atoms with E-state index in [1.165, 1.54) is 6.07 Å². The van der Waals surface area contributed by atoms with Crippen LogP contribution in [0.2, 0.25) is 0 Å². The van der Waals surface area contributed by atoms with Crippen molar-refractivity contribution in [1.82, 2.24) is 20.1 Å². The van der Waals surface area contributed by atoms with Crippen molar-refractivity contribution in [2.75, 3.05) is 0 Å². The monoisotopic (exact) mass is 414 g/mol. The standard InChI is InChI=1S/C19H16BrFN4O/c20-12-8-9-22-16(10-12)19(26)24-15-5-3-7-17-13(15)11-23-25(17)18-6-2-1-4-14(18)21/h1-2,4,6,8-11,15H,3,5,7H2,(H,24,26). The molecule has 1 atom stereocenters. The number of nitrogens with zero attached hydrogens (tertiary/aromatic N) is 3. The number of aromatic nitrogens is 3. The lowest BCUT2D eigenvalue weighted by Gasteiger charge is -2.24. The molecular formula is C19H16BrFN4O. The van der Waals surface area contributed by atoms with Crippen LogP contribution in [-0.4, -0.2) is 20.7 Å². The van der Waals surface area contributed by atoms with Crippen molar-refractivity contribution < 1.29 is 9.18 Å². The fourth-order valence-electron chi connectivity index (χ4n) is 3.30. The van der Waals surface area contributed by atoms with Crippen molar-refractivity contribution in [2.45, 2.75) is 25.3 Å². The van der Waals surface area contributed by atoms with Gasteiger partial charge in [-0.3, -0.25) is 9.78 Å². The van der Waals surface area contributed by atoms with Crippen molar-refractivity contribution in [3.05, 3.63) is 76.0 Å². The van der Waals surface area contributed by atoms with Crippen LogP contribution in [0.4, 0.5) is 4.39 Å². The van der Waals surface area contributed by atoms with Gasteiger partial charge in [-0.05, 0) is 43.5 Å². The smallest absolute Gasteiger partial charge is 0.270 e. The molecule has 7 heteroatoms. The van der Waals surface area contributed by atoms with Crippen LogP contribution in [-0.2, 0) is 6.42 Å². The first-order valence-corrected chi connectivity index (χ1v) is 9.17. The molecule has 0 radical (unpaired) electrons. The Morgan fingerprint density at radius 3 is 2.96 bits per heavy atom. The zero-order valence-electron chi connectivity index (χ0n) is 13.8. The first-order chi connectivity index (χ1) is 12.6. The molecule has 0 spiro atoms. The summed E-state index contributed by atoms with van der Waals surface area (Å²) in [5, 5.41) is 7.40. The maximum absolute atomic E-state index is 14.1. The van der Waals surface area contributed by atoms with Gasteiger partial charge in [-0.15, -0.1) is 0 Å². The van der Waals surface area contributed by atoms with E-state index in [0.717, 1.165) is 35.0 Å². The molecule has 0 fully saturated rings. The summed E-state index contributed by atoms with van der Waals surface area (Å²) < 4.78 is 16.6. The first-order valence-electron chi connectivity index (χ1n) is 8.37. The second-order valence-corrected chi connectivity index (χ2v) is 7.10. The first kappa shape index (κ1) is 16.9. The van der Waals surface area contributed by atoms with E-state index in [2.05, 4.69) is 31.3 Å². The minimum atomic E-state index is -0.317. The predicted molar refractivity (Wildman–Crippen MR) is 98.6 cm³/mol. The van der Waals surface area contributed by atoms with Crippen LogP contribution in [0.1, 0.15) is 40.6 Å². The van der Waals surface area contributed by atoms with Gasteiger partial charge in [0, 0.05) is 21.9 Å². The largest absolute Gasteiger partial charge is 0.344 e. The fourth-order valence-corrected chi connectivity index (χ4v) is 3.63. The normalized spacial score (nSPS) is 16.2. The zero-order valence-corrected chi connectivity index (χ0v) is 15.4. The lowest BCUT2D eigenvalue weighted by molar-refractivity contribution is 0.0927. The van der Waals surface area contributed by atoms with E-state index >= 15 is 0 Å². The SMILES string of the molecule is O=C(NC1CCCc2c1cnn2-c1ccccc1F)c1cc(Br)ccn1. The van der Waals surface area contributed by atoms with Crippen LogP contribution in [0.5, 0.6) is 0 Å². The van der Waals surface area contributed by atoms with Crippen molar-refractivity contribution in [1.29, 1.82) is 0 Å². The molecule has 1 aromatic carbocycles. The minimum absolute atomic E-state index is 0.160. The zero-order chi connectivity index (χ0) is 18.1. The Kier molecular flexibility index (Phi) is 4.55. The molecule has 1 aliphatic rings. The molecule has 0 saturated heterocycles. The molecule has 0 saturated carbocycles. The third-order valence-electron chi connectivity index (χ3n) is 4.52. The highest BCUT2D eigenvalue weighted by Crippen LogP contribution is 2.31. The van der Waals surface area contributed by atoms with Crippen LogP contribution in [0.25, 0.3) is 5.69 Å². The van der Waals surface area contributed by atoms with E-state index in [1.807, 2.05) is 0 Å². The van der Waals surface area contributed by atoms with Crippen LogP contribution < -0.4 is 5.32 Å². The molecule has 2 heterocycles. The lowest BCUT2D eigenvalue weighted by Crippen LogP contribution is -2.31. The molecule has 1 aliphatic carbocycles. The Morgan fingerprint density at radius 2 is 2.15 bits per heavy atom. The molecule has 0 aliphatic heterocycles. The van der Waals surface area contributed by atoms with Gasteiger partial charge in [0.2, 0.25) is 0 Å². The number of amides is 1. The Morgan fingerprint density at radius 1 is 1.31 bits per heavy atom. The van der Waals surface area contributed by atoms with Crippen molar-refractivity contribution in [3.63, 3.8) is 0 Å². The molecule has 3 aromatic rings. The van der Waals surface area contributed by atoms with Crippen molar-refractivity contribution in [3.8, 4) is 5.69 Å². The number of benzene rings is 1. The molecule has 1 N–H and O–H groups in total. The number of hydrogen-bond acceptors (Lipinski definition) is 3. The molecule has 1 amide bonds. The average Bonchev–Trinajstić information content (AvgIpc) is 3.07. The second-order valence-electron chi connectivity index (χ2n) is 6.19. The number of hydrogen-bond donors (Lipinski definition) is 1. The third kappa shape index (κ3) is 3.14. The number of pyridine rings is 1. The maximum atomic E-state index is 14.1. The van der Waals surface area contributed by atoms with Gasteiger partial charge in [0.1, 0.15) is 17.2 Å². The Bertz CT molecular complexity index is 972. The van der Waals surface area contributed by atoms with Crippen LogP contribution in [0.3, 0.4) is 0 Å². The second kappa shape index (κ2) is 6.99. The van der Waals surface area contributed by atoms with E-state index in [0.29, 0.717) is 11.4 Å². The van der Waals surface area contributed by atoms with Gasteiger partial charge in [-0.25, -0.2) is 9.07 Å². The van der Waals surface area contributed by atoms with E-state index in [9.17, 15) is 9.18 Å². The third-order valence-corrected chi connectivity index (χ3v) is 5.02. The number of fused-ring (bicyclic) bond motifs is 1. The lowest BCUT2D eigenvalue weighted by atomic mass is 9.92. The average molecular weight is 415 g/mol. The Labute approximate surface area is 158 Å². The van der Waals surface area contributed by atoms with Crippen molar-refractivity contribution >= 4 is 21.8 Å². The highest BCUT2D eigenvalue weighted by atomic mass is 79.9. The molecule has 0 bridgehead atoms. The topological polar surface area (TPSA) is 59.8 Å². The summed E-state index contributed by atoms with van der Waals surface area (Å²) in [7, 11) is 0. The van der Waals surface area contributed by atoms with Gasteiger partial charge in [0.25, 0.3) is 5.91 Å². The van der Waals surface area contributed by atoms with Gasteiger partial charge in [0.05, 0.1) is 12.2 Å². The van der Waals surface area contributed by atoms with Crippen LogP contribution in [0, 0.1) is 5.82 Å². The Balaban J connectivity index is 1.63. The molecule has 132 valence electrons. The predicted octanol–water partition coefficient (Wildman–Crippen LogP) is 3.98. The molecule has 26 heavy (non-hydrogen) atoms. The highest BCUT2D eigenvalue weighted by Gasteiger charge is 2.27. The van der Waals surface area contributed by atoms with Crippen LogP contribution in [0.15, 0.2) is 53.3 Å². The number of nitrogens with one attached hydrogen (secondary N) is 1. The van der Waals surface area contributed by atoms with E-state index in [4.69, 9.17) is 0 Å². The maximum Gasteiger partial charge on any atom is 0.270 e. The summed E-state index contributed by atoms with van der Waals surface area (Å²) in [6.07, 6.45) is 5.81. The number of rotatable bonds is 3. The van der Waals surface area contributed by atoms with Gasteiger partial charge < -0.3 is 5.32 Å². The molecule has 5 nitrogen and oxygen atoms in total. The molecule has 2 aromatic heterocycles. The minimum Gasteiger partial charge on any atom is -0.344 e. The summed E-state index contributed by atoms with van der Waals surface area (Å²) in [5.41, 5.74) is 2.65. The number of carbonyl (C=O) groups excluding carboxylic acids is 1.